The predicted molar refractivity (Wildman–Crippen MR) is 34.9 cm³/mol. The minimum Gasteiger partial charge on any atom is -0.449 e. The number of hydrogen-bond acceptors (Lipinski definition) is 1. The predicted octanol–water partition coefficient (Wildman–Crippen LogP) is -1.46. The molecule has 1 rings (SSSR count). The fraction of sp³-hybridized carbons (Fsp3) is 1.00. The van der Waals surface area contributed by atoms with E-state index >= 15 is 0 Å². The van der Waals surface area contributed by atoms with Crippen molar-refractivity contribution in [2.24, 2.45) is 0 Å². The van der Waals surface area contributed by atoms with E-state index in [9.17, 15) is 12.9 Å². The summed E-state index contributed by atoms with van der Waals surface area (Å²) in [5.74, 6) is -1.00. The molecule has 0 aromatic carbocycles. The molecule has 0 saturated carbocycles. The van der Waals surface area contributed by atoms with E-state index in [-0.39, 0.29) is 64.5 Å². The van der Waals surface area contributed by atoms with Gasteiger partial charge in [0.15, 0.2) is 0 Å². The van der Waals surface area contributed by atoms with Gasteiger partial charge in [0.1, 0.15) is 0 Å². The first kappa shape index (κ1) is 12.5. The molecule has 11 heavy (non-hydrogen) atoms. The summed E-state index contributed by atoms with van der Waals surface area (Å²) in [4.78, 5) is 1.79. The zero-order chi connectivity index (χ0) is 7.78. The molecule has 0 unspecified atom stereocenters. The standard InChI is InChI=1S/C5H10BF3N.K/c1-2-10-3-5(4-10)6(7,8)9;/h5H,2-4H2,1H3;/q-1;+1. The molecular formula is C5H10BF3KN. The van der Waals surface area contributed by atoms with Gasteiger partial charge in [-0.2, -0.15) is 0 Å². The molecule has 0 bridgehead atoms. The molecule has 0 atom stereocenters. The van der Waals surface area contributed by atoms with Crippen LogP contribution in [0.1, 0.15) is 6.92 Å². The van der Waals surface area contributed by atoms with Crippen LogP contribution in [0.3, 0.4) is 0 Å². The molecule has 0 amide bonds. The van der Waals surface area contributed by atoms with Gasteiger partial charge in [-0.15, -0.1) is 0 Å². The third-order valence-electron chi connectivity index (χ3n) is 1.97. The Morgan fingerprint density at radius 2 is 1.82 bits per heavy atom. The Morgan fingerprint density at radius 3 is 2.09 bits per heavy atom. The van der Waals surface area contributed by atoms with Crippen molar-refractivity contribution in [1.82, 2.24) is 4.90 Å². The van der Waals surface area contributed by atoms with E-state index in [0.29, 0.717) is 0 Å². The van der Waals surface area contributed by atoms with Crippen LogP contribution in [0.15, 0.2) is 0 Å². The summed E-state index contributed by atoms with van der Waals surface area (Å²) >= 11 is 0. The summed E-state index contributed by atoms with van der Waals surface area (Å²) in [6.07, 6.45) is 0. The molecule has 1 aliphatic rings. The summed E-state index contributed by atoms with van der Waals surface area (Å²) in [7, 11) is 0. The average molecular weight is 191 g/mol. The smallest absolute Gasteiger partial charge is 0.449 e. The van der Waals surface area contributed by atoms with Crippen molar-refractivity contribution < 1.29 is 64.3 Å². The van der Waals surface area contributed by atoms with E-state index in [4.69, 9.17) is 0 Å². The van der Waals surface area contributed by atoms with Crippen LogP contribution >= 0.6 is 0 Å². The maximum absolute atomic E-state index is 11.8. The first-order valence-corrected chi connectivity index (χ1v) is 3.46. The van der Waals surface area contributed by atoms with Crippen molar-refractivity contribution in [2.45, 2.75) is 12.7 Å². The van der Waals surface area contributed by atoms with Crippen LogP contribution in [0.25, 0.3) is 0 Å². The number of rotatable bonds is 2. The first-order chi connectivity index (χ1) is 4.54. The van der Waals surface area contributed by atoms with Crippen molar-refractivity contribution in [3.05, 3.63) is 0 Å². The number of halogens is 3. The topological polar surface area (TPSA) is 3.24 Å². The van der Waals surface area contributed by atoms with Gasteiger partial charge in [-0.05, 0) is 25.5 Å². The Kier molecular flexibility index (Phi) is 5.23. The van der Waals surface area contributed by atoms with E-state index in [0.717, 1.165) is 6.54 Å². The van der Waals surface area contributed by atoms with Gasteiger partial charge in [-0.25, -0.2) is 0 Å². The fourth-order valence-corrected chi connectivity index (χ4v) is 1.11. The molecule has 0 aromatic heterocycles. The van der Waals surface area contributed by atoms with Gasteiger partial charge >= 0.3 is 58.4 Å². The van der Waals surface area contributed by atoms with Crippen LogP contribution in [-0.2, 0) is 0 Å². The van der Waals surface area contributed by atoms with Gasteiger partial charge in [-0.3, -0.25) is 0 Å². The van der Waals surface area contributed by atoms with E-state index in [1.54, 1.807) is 4.90 Å². The van der Waals surface area contributed by atoms with Gasteiger partial charge in [0.25, 0.3) is 0 Å². The number of nitrogens with zero attached hydrogens (tertiary/aromatic N) is 1. The molecule has 1 saturated heterocycles. The molecule has 1 fully saturated rings. The summed E-state index contributed by atoms with van der Waals surface area (Å²) in [6, 6.07) is 0. The molecule has 0 spiro atoms. The van der Waals surface area contributed by atoms with Gasteiger partial charge in [0, 0.05) is 0 Å². The summed E-state index contributed by atoms with van der Waals surface area (Å²) in [5, 5.41) is 0. The zero-order valence-electron chi connectivity index (χ0n) is 6.86. The molecule has 1 heterocycles. The Labute approximate surface area is 107 Å². The SMILES string of the molecule is CCN1CC([B-](F)(F)F)C1.[K+]. The molecule has 1 nitrogen and oxygen atoms in total. The number of likely N-dealkylation sites (tertiary alicyclic amines) is 1. The van der Waals surface area contributed by atoms with Crippen molar-refractivity contribution in [2.75, 3.05) is 19.6 Å². The Bertz CT molecular complexity index is 123. The van der Waals surface area contributed by atoms with Gasteiger partial charge in [-0.1, -0.05) is 6.92 Å². The third-order valence-corrected chi connectivity index (χ3v) is 1.97. The summed E-state index contributed by atoms with van der Waals surface area (Å²) < 4.78 is 35.5. The Hall–Kier alpha value is 1.45. The van der Waals surface area contributed by atoms with Crippen LogP contribution in [0.4, 0.5) is 12.9 Å². The van der Waals surface area contributed by atoms with Gasteiger partial charge < -0.3 is 17.8 Å². The maximum atomic E-state index is 11.8. The first-order valence-electron chi connectivity index (χ1n) is 3.46. The normalized spacial score (nSPS) is 20.7. The average Bonchev–Trinajstić information content (AvgIpc) is 1.57. The van der Waals surface area contributed by atoms with E-state index < -0.39 is 12.8 Å². The second kappa shape index (κ2) is 4.62. The zero-order valence-corrected chi connectivity index (χ0v) is 9.98. The van der Waals surface area contributed by atoms with Crippen molar-refractivity contribution in [1.29, 1.82) is 0 Å². The monoisotopic (exact) mass is 191 g/mol. The maximum Gasteiger partial charge on any atom is 1.00 e. The molecule has 0 aromatic rings. The van der Waals surface area contributed by atoms with Crippen LogP contribution in [0, 0.1) is 0 Å². The van der Waals surface area contributed by atoms with Crippen LogP contribution in [-0.4, -0.2) is 31.5 Å². The van der Waals surface area contributed by atoms with Crippen LogP contribution in [0.2, 0.25) is 5.82 Å². The second-order valence-electron chi connectivity index (χ2n) is 2.74. The number of hydrogen-bond donors (Lipinski definition) is 0. The van der Waals surface area contributed by atoms with Gasteiger partial charge in [0.05, 0.1) is 0 Å². The molecule has 1 aliphatic heterocycles. The molecular weight excluding hydrogens is 181 g/mol. The van der Waals surface area contributed by atoms with E-state index in [1.165, 1.54) is 0 Å². The molecule has 0 radical (unpaired) electrons. The molecule has 0 N–H and O–H groups in total. The minimum absolute atomic E-state index is 0. The molecule has 60 valence electrons. The van der Waals surface area contributed by atoms with Crippen molar-refractivity contribution in [3.63, 3.8) is 0 Å². The summed E-state index contributed by atoms with van der Waals surface area (Å²) in [6.45, 7) is -1.50. The van der Waals surface area contributed by atoms with E-state index in [1.807, 2.05) is 6.92 Å². The largest absolute Gasteiger partial charge is 1.00 e. The molecule has 6 heteroatoms. The Morgan fingerprint density at radius 1 is 1.36 bits per heavy atom. The van der Waals surface area contributed by atoms with Crippen molar-refractivity contribution >= 4 is 6.98 Å². The minimum atomic E-state index is -4.55. The summed E-state index contributed by atoms with van der Waals surface area (Å²) in [5.41, 5.74) is 0. The van der Waals surface area contributed by atoms with E-state index in [2.05, 4.69) is 0 Å². The van der Waals surface area contributed by atoms with Crippen LogP contribution in [0.5, 0.6) is 0 Å². The van der Waals surface area contributed by atoms with Crippen molar-refractivity contribution in [3.8, 4) is 0 Å². The van der Waals surface area contributed by atoms with Gasteiger partial charge in [0.2, 0.25) is 0 Å². The quantitative estimate of drug-likeness (QED) is 0.482. The Balaban J connectivity index is 0.000001000. The fourth-order valence-electron chi connectivity index (χ4n) is 1.11. The van der Waals surface area contributed by atoms with Crippen LogP contribution < -0.4 is 51.4 Å². The molecule has 0 aliphatic carbocycles. The second-order valence-corrected chi connectivity index (χ2v) is 2.74. The third kappa shape index (κ3) is 3.36.